The highest BCUT2D eigenvalue weighted by Crippen LogP contribution is 2.66. The highest BCUT2D eigenvalue weighted by Gasteiger charge is 2.63. The lowest BCUT2D eigenvalue weighted by atomic mass is 9.48. The van der Waals surface area contributed by atoms with Crippen LogP contribution in [0.5, 0.6) is 0 Å². The summed E-state index contributed by atoms with van der Waals surface area (Å²) in [4.78, 5) is 13.0. The first-order valence-corrected chi connectivity index (χ1v) is 13.7. The number of fused-ring (bicyclic) bond motifs is 5. The van der Waals surface area contributed by atoms with E-state index >= 15 is 0 Å². The van der Waals surface area contributed by atoms with E-state index in [1.54, 1.807) is 0 Å². The Morgan fingerprint density at radius 1 is 0.912 bits per heavy atom. The quantitative estimate of drug-likeness (QED) is 0.450. The monoisotopic (exact) mass is 480 g/mol. The first-order valence-electron chi connectivity index (χ1n) is 13.7. The van der Waals surface area contributed by atoms with Crippen LogP contribution < -0.4 is 0 Å². The van der Waals surface area contributed by atoms with Gasteiger partial charge in [0.05, 0.1) is 36.9 Å². The van der Waals surface area contributed by atoms with Crippen molar-refractivity contribution in [3.63, 3.8) is 0 Å². The Balaban J connectivity index is 1.58. The van der Waals surface area contributed by atoms with Gasteiger partial charge in [0.1, 0.15) is 0 Å². The van der Waals surface area contributed by atoms with Crippen molar-refractivity contribution in [1.82, 2.24) is 0 Å². The lowest BCUT2D eigenvalue weighted by Crippen LogP contribution is -2.55. The van der Waals surface area contributed by atoms with Gasteiger partial charge in [-0.05, 0) is 90.8 Å². The number of esters is 1. The summed E-state index contributed by atoms with van der Waals surface area (Å²) in [5, 5.41) is 42.9. The molecule has 0 radical (unpaired) electrons. The summed E-state index contributed by atoms with van der Waals surface area (Å²) >= 11 is 0. The van der Waals surface area contributed by atoms with Crippen LogP contribution in [-0.4, -0.2) is 57.4 Å². The zero-order valence-corrected chi connectivity index (χ0v) is 22.0. The molecule has 3 aliphatic carbocycles. The maximum atomic E-state index is 13.0. The standard InChI is InChI=1S/C28H48O6/c1-14(2)15(3)24(31)25(32)16(4)18-7-8-19-17-13-34-26(33)21-11-22(29)23(30)12-28(21,6)20(17)9-10-27(18,19)5/h14-25,29-32H,7-13H2,1-6H3/t15-,16-,17-,18-,19+,20-,21+,22-,23+,24+,25+,27+,28+/m0/s1. The van der Waals surface area contributed by atoms with Crippen LogP contribution in [0.4, 0.5) is 0 Å². The average Bonchev–Trinajstić information content (AvgIpc) is 3.09. The van der Waals surface area contributed by atoms with Crippen LogP contribution >= 0.6 is 0 Å². The van der Waals surface area contributed by atoms with E-state index in [9.17, 15) is 25.2 Å². The van der Waals surface area contributed by atoms with E-state index in [0.717, 1.165) is 25.7 Å². The maximum Gasteiger partial charge on any atom is 0.309 e. The first-order chi connectivity index (χ1) is 15.8. The molecule has 0 unspecified atom stereocenters. The molecule has 4 aliphatic rings. The van der Waals surface area contributed by atoms with Gasteiger partial charge in [0.2, 0.25) is 0 Å². The van der Waals surface area contributed by atoms with Gasteiger partial charge in [-0.15, -0.1) is 0 Å². The number of hydrogen-bond acceptors (Lipinski definition) is 6. The number of rotatable bonds is 5. The van der Waals surface area contributed by atoms with E-state index in [2.05, 4.69) is 34.6 Å². The molecule has 13 atom stereocenters. The van der Waals surface area contributed by atoms with Crippen LogP contribution in [0, 0.1) is 58.2 Å². The molecule has 1 heterocycles. The molecule has 196 valence electrons. The molecule has 6 nitrogen and oxygen atoms in total. The predicted molar refractivity (Wildman–Crippen MR) is 130 cm³/mol. The molecule has 6 heteroatoms. The number of ether oxygens (including phenoxy) is 1. The van der Waals surface area contributed by atoms with Crippen molar-refractivity contribution in [2.45, 2.75) is 104 Å². The third-order valence-electron chi connectivity index (χ3n) is 11.5. The van der Waals surface area contributed by atoms with Crippen LogP contribution in [0.3, 0.4) is 0 Å². The fraction of sp³-hybridized carbons (Fsp3) is 0.964. The van der Waals surface area contributed by atoms with E-state index < -0.39 is 24.4 Å². The van der Waals surface area contributed by atoms with Crippen molar-refractivity contribution >= 4 is 5.97 Å². The van der Waals surface area contributed by atoms with E-state index in [1.165, 1.54) is 0 Å². The topological polar surface area (TPSA) is 107 Å². The predicted octanol–water partition coefficient (Wildman–Crippen LogP) is 3.39. The fourth-order valence-corrected chi connectivity index (χ4v) is 8.95. The van der Waals surface area contributed by atoms with Gasteiger partial charge in [-0.3, -0.25) is 4.79 Å². The first kappa shape index (κ1) is 26.4. The average molecular weight is 481 g/mol. The molecule has 0 bridgehead atoms. The van der Waals surface area contributed by atoms with Crippen molar-refractivity contribution in [2.75, 3.05) is 6.61 Å². The number of aliphatic hydroxyl groups is 4. The van der Waals surface area contributed by atoms with E-state index in [0.29, 0.717) is 30.8 Å². The maximum absolute atomic E-state index is 13.0. The number of cyclic esters (lactones) is 1. The van der Waals surface area contributed by atoms with Gasteiger partial charge in [-0.25, -0.2) is 0 Å². The Labute approximate surface area is 205 Å². The van der Waals surface area contributed by atoms with Gasteiger partial charge in [-0.1, -0.05) is 41.5 Å². The minimum absolute atomic E-state index is 0.00827. The normalized spacial score (nSPS) is 48.1. The molecule has 3 saturated carbocycles. The molecule has 0 amide bonds. The zero-order valence-electron chi connectivity index (χ0n) is 22.0. The number of hydrogen-bond donors (Lipinski definition) is 4. The van der Waals surface area contributed by atoms with Crippen molar-refractivity contribution in [3.05, 3.63) is 0 Å². The molecule has 4 N–H and O–H groups in total. The lowest BCUT2D eigenvalue weighted by molar-refractivity contribution is -0.162. The highest BCUT2D eigenvalue weighted by molar-refractivity contribution is 5.74. The lowest BCUT2D eigenvalue weighted by Gasteiger charge is -2.56. The van der Waals surface area contributed by atoms with Gasteiger partial charge in [-0.2, -0.15) is 0 Å². The molecule has 0 aromatic heterocycles. The summed E-state index contributed by atoms with van der Waals surface area (Å²) in [5.74, 6) is 0.948. The Bertz CT molecular complexity index is 755. The van der Waals surface area contributed by atoms with Crippen LogP contribution in [0.1, 0.15) is 80.1 Å². The Morgan fingerprint density at radius 2 is 1.56 bits per heavy atom. The summed E-state index contributed by atoms with van der Waals surface area (Å²) in [6.07, 6.45) is 1.61. The highest BCUT2D eigenvalue weighted by atomic mass is 16.5. The molecule has 1 saturated heterocycles. The SMILES string of the molecule is CC(C)[C@H](C)[C@@H](O)[C@H](O)[C@@H](C)[C@@H]1CC[C@@H]2[C@@H]3COC(=O)[C@H]4C[C@H](O)[C@H](O)C[C@]4(C)[C@H]3CC[C@@]21C. The second-order valence-corrected chi connectivity index (χ2v) is 13.3. The van der Waals surface area contributed by atoms with Gasteiger partial charge in [0.15, 0.2) is 0 Å². The number of aliphatic hydroxyl groups excluding tert-OH is 4. The summed E-state index contributed by atoms with van der Waals surface area (Å²) in [6, 6.07) is 0. The van der Waals surface area contributed by atoms with Crippen molar-refractivity contribution in [3.8, 4) is 0 Å². The molecule has 0 spiro atoms. The molecule has 4 rings (SSSR count). The molecular formula is C28H48O6. The number of carbonyl (C=O) groups is 1. The molecule has 0 aromatic carbocycles. The van der Waals surface area contributed by atoms with Crippen LogP contribution in [-0.2, 0) is 9.53 Å². The smallest absolute Gasteiger partial charge is 0.309 e. The molecule has 0 aromatic rings. The van der Waals surface area contributed by atoms with Gasteiger partial charge >= 0.3 is 5.97 Å². The molecule has 4 fully saturated rings. The third kappa shape index (κ3) is 4.05. The van der Waals surface area contributed by atoms with E-state index in [-0.39, 0.29) is 52.8 Å². The molecule has 1 aliphatic heterocycles. The van der Waals surface area contributed by atoms with Gasteiger partial charge in [0.25, 0.3) is 0 Å². The van der Waals surface area contributed by atoms with Crippen LogP contribution in [0.15, 0.2) is 0 Å². The fourth-order valence-electron chi connectivity index (χ4n) is 8.95. The van der Waals surface area contributed by atoms with Crippen molar-refractivity contribution in [1.29, 1.82) is 0 Å². The Kier molecular flexibility index (Phi) is 7.23. The minimum Gasteiger partial charge on any atom is -0.465 e. The Hall–Kier alpha value is -0.690. The molecular weight excluding hydrogens is 432 g/mol. The summed E-state index contributed by atoms with van der Waals surface area (Å²) in [6.45, 7) is 13.2. The summed E-state index contributed by atoms with van der Waals surface area (Å²) in [7, 11) is 0. The van der Waals surface area contributed by atoms with Crippen molar-refractivity contribution in [2.24, 2.45) is 58.2 Å². The van der Waals surface area contributed by atoms with E-state index in [4.69, 9.17) is 4.74 Å². The van der Waals surface area contributed by atoms with E-state index in [1.807, 2.05) is 6.92 Å². The summed E-state index contributed by atoms with van der Waals surface area (Å²) < 4.78 is 5.86. The summed E-state index contributed by atoms with van der Waals surface area (Å²) in [5.41, 5.74) is -0.345. The van der Waals surface area contributed by atoms with Crippen LogP contribution in [0.25, 0.3) is 0 Å². The number of carbonyl (C=O) groups excluding carboxylic acids is 1. The largest absolute Gasteiger partial charge is 0.465 e. The third-order valence-corrected chi connectivity index (χ3v) is 11.5. The van der Waals surface area contributed by atoms with Gasteiger partial charge in [0, 0.05) is 0 Å². The van der Waals surface area contributed by atoms with Crippen LogP contribution in [0.2, 0.25) is 0 Å². The zero-order chi connectivity index (χ0) is 25.2. The van der Waals surface area contributed by atoms with Crippen molar-refractivity contribution < 1.29 is 30.0 Å². The molecule has 34 heavy (non-hydrogen) atoms. The second kappa shape index (κ2) is 9.32. The minimum atomic E-state index is -0.867. The van der Waals surface area contributed by atoms with Gasteiger partial charge < -0.3 is 25.2 Å². The Morgan fingerprint density at radius 3 is 2.21 bits per heavy atom. The second-order valence-electron chi connectivity index (χ2n) is 13.3.